The Morgan fingerprint density at radius 3 is 2.64 bits per heavy atom. The van der Waals surface area contributed by atoms with Gasteiger partial charge in [0.15, 0.2) is 5.13 Å². The lowest BCUT2D eigenvalue weighted by Gasteiger charge is -2.05. The van der Waals surface area contributed by atoms with Gasteiger partial charge in [0.05, 0.1) is 5.69 Å². The van der Waals surface area contributed by atoms with E-state index >= 15 is 0 Å². The predicted octanol–water partition coefficient (Wildman–Crippen LogP) is 3.47. The van der Waals surface area contributed by atoms with Gasteiger partial charge in [0.25, 0.3) is 0 Å². The van der Waals surface area contributed by atoms with Crippen LogP contribution >= 0.6 is 22.7 Å². The zero-order valence-electron chi connectivity index (χ0n) is 13.8. The van der Waals surface area contributed by atoms with Crippen LogP contribution in [0.1, 0.15) is 17.0 Å². The summed E-state index contributed by atoms with van der Waals surface area (Å²) in [6, 6.07) is 8.01. The average Bonchev–Trinajstić information content (AvgIpc) is 3.16. The molecule has 0 aliphatic carbocycles. The number of nitrogens with zero attached hydrogens (tertiary/aromatic N) is 2. The van der Waals surface area contributed by atoms with E-state index in [9.17, 15) is 9.59 Å². The van der Waals surface area contributed by atoms with E-state index < -0.39 is 5.97 Å². The molecule has 8 heteroatoms. The van der Waals surface area contributed by atoms with Crippen LogP contribution in [0.4, 0.5) is 10.8 Å². The molecule has 0 aliphatic rings. The van der Waals surface area contributed by atoms with Gasteiger partial charge in [-0.1, -0.05) is 29.0 Å². The molecule has 0 aliphatic heterocycles. The predicted molar refractivity (Wildman–Crippen MR) is 99.7 cm³/mol. The third-order valence-electron chi connectivity index (χ3n) is 3.50. The second kappa shape index (κ2) is 7.62. The highest BCUT2D eigenvalue weighted by molar-refractivity contribution is 7.13. The van der Waals surface area contributed by atoms with Crippen molar-refractivity contribution in [1.29, 1.82) is 0 Å². The molecule has 1 aromatic carbocycles. The summed E-state index contributed by atoms with van der Waals surface area (Å²) in [5.74, 6) is -0.454. The second-order valence-corrected chi connectivity index (χ2v) is 7.20. The van der Waals surface area contributed by atoms with Gasteiger partial charge in [0.2, 0.25) is 0 Å². The monoisotopic (exact) mass is 375 g/mol. The average molecular weight is 375 g/mol. The van der Waals surface area contributed by atoms with Crippen LogP contribution in [0.2, 0.25) is 0 Å². The van der Waals surface area contributed by atoms with Crippen molar-refractivity contribution in [3.63, 3.8) is 0 Å². The van der Waals surface area contributed by atoms with Gasteiger partial charge in [-0.25, -0.2) is 4.98 Å². The Morgan fingerprint density at radius 2 is 1.96 bits per heavy atom. The number of esters is 1. The second-order valence-electron chi connectivity index (χ2n) is 5.52. The van der Waals surface area contributed by atoms with Gasteiger partial charge in [0.1, 0.15) is 13.2 Å². The summed E-state index contributed by atoms with van der Waals surface area (Å²) in [5, 5.41) is 7.51. The Balaban J connectivity index is 1.54. The van der Waals surface area contributed by atoms with E-state index in [0.717, 1.165) is 27.8 Å². The number of aromatic nitrogens is 2. The number of benzene rings is 1. The first kappa shape index (κ1) is 17.4. The van der Waals surface area contributed by atoms with Crippen LogP contribution in [0.5, 0.6) is 0 Å². The summed E-state index contributed by atoms with van der Waals surface area (Å²) in [7, 11) is 0. The number of carbonyl (C=O) groups excluding carboxylic acids is 1. The van der Waals surface area contributed by atoms with E-state index in [1.54, 1.807) is 12.3 Å². The number of aryl methyl sites for hydroxylation is 2. The first-order valence-electron chi connectivity index (χ1n) is 7.60. The maximum atomic E-state index is 11.9. The number of rotatable bonds is 6. The number of hydrogen-bond donors (Lipinski definition) is 1. The van der Waals surface area contributed by atoms with E-state index in [-0.39, 0.29) is 18.0 Å². The number of nitrogens with one attached hydrogen (secondary N) is 1. The van der Waals surface area contributed by atoms with Crippen LogP contribution in [-0.2, 0) is 22.7 Å². The summed E-state index contributed by atoms with van der Waals surface area (Å²) >= 11 is 2.52. The van der Waals surface area contributed by atoms with Crippen molar-refractivity contribution in [2.45, 2.75) is 27.0 Å². The Hall–Kier alpha value is -2.45. The van der Waals surface area contributed by atoms with Gasteiger partial charge < -0.3 is 10.1 Å². The number of carbonyl (C=O) groups is 1. The minimum Gasteiger partial charge on any atom is -0.458 e. The normalized spacial score (nSPS) is 10.6. The van der Waals surface area contributed by atoms with Crippen molar-refractivity contribution in [2.75, 3.05) is 5.32 Å². The summed E-state index contributed by atoms with van der Waals surface area (Å²) < 4.78 is 6.61. The lowest BCUT2D eigenvalue weighted by atomic mass is 10.2. The van der Waals surface area contributed by atoms with Crippen LogP contribution in [0.15, 0.2) is 39.8 Å². The van der Waals surface area contributed by atoms with Crippen LogP contribution in [0.3, 0.4) is 0 Å². The van der Waals surface area contributed by atoms with E-state index in [1.807, 2.05) is 36.6 Å². The molecule has 0 bridgehead atoms. The molecule has 3 rings (SSSR count). The Kier molecular flexibility index (Phi) is 5.30. The minimum atomic E-state index is -0.454. The molecule has 3 aromatic rings. The standard InChI is InChI=1S/C17H17N3O3S2/c1-11-3-5-13(6-4-11)18-16-19-14(10-24-16)8-23-15(21)7-20-12(2)9-25-17(20)22/h3-6,9-10H,7-8H2,1-2H3,(H,18,19). The molecule has 0 saturated carbocycles. The SMILES string of the molecule is Cc1ccc(Nc2nc(COC(=O)Cn3c(C)csc3=O)cs2)cc1. The fourth-order valence-corrected chi connectivity index (χ4v) is 3.57. The summed E-state index contributed by atoms with van der Waals surface area (Å²) in [6.45, 7) is 3.83. The van der Waals surface area contributed by atoms with Crippen LogP contribution < -0.4 is 10.2 Å². The summed E-state index contributed by atoms with van der Waals surface area (Å²) in [6.07, 6.45) is 0. The molecule has 0 atom stereocenters. The highest BCUT2D eigenvalue weighted by Crippen LogP contribution is 2.21. The lowest BCUT2D eigenvalue weighted by Crippen LogP contribution is -2.22. The molecule has 130 valence electrons. The van der Waals surface area contributed by atoms with Gasteiger partial charge in [-0.15, -0.1) is 11.3 Å². The molecule has 0 unspecified atom stereocenters. The molecule has 2 heterocycles. The van der Waals surface area contributed by atoms with Gasteiger partial charge in [0, 0.05) is 22.1 Å². The summed E-state index contributed by atoms with van der Waals surface area (Å²) in [4.78, 5) is 27.7. The maximum absolute atomic E-state index is 11.9. The Bertz CT molecular complexity index is 925. The lowest BCUT2D eigenvalue weighted by molar-refractivity contribution is -0.145. The van der Waals surface area contributed by atoms with Crippen molar-refractivity contribution in [1.82, 2.24) is 9.55 Å². The third-order valence-corrected chi connectivity index (χ3v) is 5.19. The Morgan fingerprint density at radius 1 is 1.20 bits per heavy atom. The van der Waals surface area contributed by atoms with E-state index in [1.165, 1.54) is 21.5 Å². The van der Waals surface area contributed by atoms with Crippen LogP contribution in [0, 0.1) is 13.8 Å². The highest BCUT2D eigenvalue weighted by atomic mass is 32.1. The molecule has 0 radical (unpaired) electrons. The Labute approximate surface area is 152 Å². The first-order chi connectivity index (χ1) is 12.0. The number of ether oxygens (including phenoxy) is 1. The molecular formula is C17H17N3O3S2. The number of thiazole rings is 2. The largest absolute Gasteiger partial charge is 0.458 e. The number of anilines is 2. The van der Waals surface area contributed by atoms with Gasteiger partial charge in [-0.2, -0.15) is 0 Å². The molecule has 0 fully saturated rings. The maximum Gasteiger partial charge on any atom is 0.326 e. The topological polar surface area (TPSA) is 73.2 Å². The van der Waals surface area contributed by atoms with Crippen LogP contribution in [0.25, 0.3) is 0 Å². The van der Waals surface area contributed by atoms with Crippen molar-refractivity contribution >= 4 is 39.5 Å². The quantitative estimate of drug-likeness (QED) is 0.668. The fraction of sp³-hybridized carbons (Fsp3) is 0.235. The molecule has 0 amide bonds. The van der Waals surface area contributed by atoms with Gasteiger partial charge in [-0.05, 0) is 26.0 Å². The summed E-state index contributed by atoms with van der Waals surface area (Å²) in [5.41, 5.74) is 3.57. The molecule has 6 nitrogen and oxygen atoms in total. The number of hydrogen-bond acceptors (Lipinski definition) is 7. The molecule has 25 heavy (non-hydrogen) atoms. The smallest absolute Gasteiger partial charge is 0.326 e. The molecular weight excluding hydrogens is 358 g/mol. The molecule has 0 saturated heterocycles. The zero-order chi connectivity index (χ0) is 17.8. The molecule has 1 N–H and O–H groups in total. The third kappa shape index (κ3) is 4.55. The van der Waals surface area contributed by atoms with Crippen molar-refractivity contribution in [2.24, 2.45) is 0 Å². The van der Waals surface area contributed by atoms with Crippen LogP contribution in [-0.4, -0.2) is 15.5 Å². The van der Waals surface area contributed by atoms with E-state index in [2.05, 4.69) is 10.3 Å². The van der Waals surface area contributed by atoms with Crippen molar-refractivity contribution in [3.05, 3.63) is 61.6 Å². The molecule has 2 aromatic heterocycles. The van der Waals surface area contributed by atoms with Gasteiger partial charge >= 0.3 is 10.8 Å². The first-order valence-corrected chi connectivity index (χ1v) is 9.36. The van der Waals surface area contributed by atoms with Crippen molar-refractivity contribution < 1.29 is 9.53 Å². The van der Waals surface area contributed by atoms with Crippen molar-refractivity contribution in [3.8, 4) is 0 Å². The van der Waals surface area contributed by atoms with E-state index in [0.29, 0.717) is 5.69 Å². The fourth-order valence-electron chi connectivity index (χ4n) is 2.12. The zero-order valence-corrected chi connectivity index (χ0v) is 15.4. The molecule has 0 spiro atoms. The minimum absolute atomic E-state index is 0.0766. The van der Waals surface area contributed by atoms with Gasteiger partial charge in [-0.3, -0.25) is 14.2 Å². The highest BCUT2D eigenvalue weighted by Gasteiger charge is 2.11. The van der Waals surface area contributed by atoms with E-state index in [4.69, 9.17) is 4.74 Å².